The lowest BCUT2D eigenvalue weighted by molar-refractivity contribution is 0.408. The van der Waals surface area contributed by atoms with Crippen LogP contribution in [0.4, 0.5) is 4.39 Å². The van der Waals surface area contributed by atoms with Crippen molar-refractivity contribution in [3.05, 3.63) is 53.8 Å². The van der Waals surface area contributed by atoms with Crippen LogP contribution < -0.4 is 14.8 Å². The maximum absolute atomic E-state index is 14.0. The Balaban J connectivity index is 1.81. The predicted molar refractivity (Wildman–Crippen MR) is 79.3 cm³/mol. The van der Waals surface area contributed by atoms with Crippen LogP contribution in [-0.2, 0) is 6.54 Å². The zero-order valence-electron chi connectivity index (χ0n) is 11.9. The lowest BCUT2D eigenvalue weighted by Gasteiger charge is -2.13. The van der Waals surface area contributed by atoms with Crippen LogP contribution in [-0.4, -0.2) is 13.2 Å². The third-order valence-corrected chi connectivity index (χ3v) is 3.49. The van der Waals surface area contributed by atoms with E-state index < -0.39 is 0 Å². The van der Waals surface area contributed by atoms with E-state index in [1.54, 1.807) is 25.3 Å². The normalized spacial score (nSPS) is 14.0. The first-order valence-electron chi connectivity index (χ1n) is 7.09. The molecular weight excluding hydrogens is 269 g/mol. The minimum Gasteiger partial charge on any atom is -0.497 e. The molecule has 110 valence electrons. The second-order valence-electron chi connectivity index (χ2n) is 5.15. The van der Waals surface area contributed by atoms with E-state index >= 15 is 0 Å². The summed E-state index contributed by atoms with van der Waals surface area (Å²) in [6.07, 6.45) is 2.33. The summed E-state index contributed by atoms with van der Waals surface area (Å²) in [4.78, 5) is 0. The van der Waals surface area contributed by atoms with E-state index in [9.17, 15) is 4.39 Å². The maximum atomic E-state index is 14.0. The first-order chi connectivity index (χ1) is 10.3. The van der Waals surface area contributed by atoms with E-state index in [1.807, 2.05) is 18.2 Å². The number of methoxy groups -OCH3 is 1. The standard InChI is InChI=1S/C17H18FNO2/c1-20-13-4-2-5-14(10-13)21-17-7-3-6-16(18)15(17)11-19-12-8-9-12/h2-7,10,12,19H,8-9,11H2,1H3. The third-order valence-electron chi connectivity index (χ3n) is 3.49. The van der Waals surface area contributed by atoms with Gasteiger partial charge in [0.1, 0.15) is 23.1 Å². The molecule has 21 heavy (non-hydrogen) atoms. The van der Waals surface area contributed by atoms with Crippen molar-refractivity contribution in [1.29, 1.82) is 0 Å². The van der Waals surface area contributed by atoms with Crippen LogP contribution in [0.15, 0.2) is 42.5 Å². The Hall–Kier alpha value is -2.07. The summed E-state index contributed by atoms with van der Waals surface area (Å²) in [5.74, 6) is 1.63. The first kappa shape index (κ1) is 13.9. The minimum atomic E-state index is -0.247. The average Bonchev–Trinajstić information content (AvgIpc) is 3.31. The highest BCUT2D eigenvalue weighted by Crippen LogP contribution is 2.30. The van der Waals surface area contributed by atoms with Gasteiger partial charge in [-0.05, 0) is 37.1 Å². The molecule has 1 aliphatic carbocycles. The van der Waals surface area contributed by atoms with Gasteiger partial charge >= 0.3 is 0 Å². The molecule has 3 nitrogen and oxygen atoms in total. The molecule has 0 bridgehead atoms. The van der Waals surface area contributed by atoms with Crippen molar-refractivity contribution in [1.82, 2.24) is 5.32 Å². The number of benzene rings is 2. The van der Waals surface area contributed by atoms with E-state index in [2.05, 4.69) is 5.32 Å². The Morgan fingerprint density at radius 3 is 2.67 bits per heavy atom. The molecular formula is C17H18FNO2. The molecule has 0 spiro atoms. The lowest BCUT2D eigenvalue weighted by atomic mass is 10.2. The van der Waals surface area contributed by atoms with E-state index in [-0.39, 0.29) is 5.82 Å². The average molecular weight is 287 g/mol. The molecule has 0 aromatic heterocycles. The van der Waals surface area contributed by atoms with Gasteiger partial charge in [-0.1, -0.05) is 12.1 Å². The molecule has 1 N–H and O–H groups in total. The monoisotopic (exact) mass is 287 g/mol. The van der Waals surface area contributed by atoms with Crippen molar-refractivity contribution < 1.29 is 13.9 Å². The summed E-state index contributed by atoms with van der Waals surface area (Å²) in [7, 11) is 1.60. The fourth-order valence-corrected chi connectivity index (χ4v) is 2.13. The van der Waals surface area contributed by atoms with Crippen LogP contribution in [0.2, 0.25) is 0 Å². The zero-order valence-corrected chi connectivity index (χ0v) is 11.9. The number of ether oxygens (including phenoxy) is 2. The van der Waals surface area contributed by atoms with Crippen LogP contribution in [0, 0.1) is 5.82 Å². The highest BCUT2D eigenvalue weighted by atomic mass is 19.1. The summed E-state index contributed by atoms with van der Waals surface area (Å²) in [5, 5.41) is 3.32. The van der Waals surface area contributed by atoms with Gasteiger partial charge < -0.3 is 14.8 Å². The van der Waals surface area contributed by atoms with E-state index in [0.29, 0.717) is 35.4 Å². The quantitative estimate of drug-likeness (QED) is 0.874. The summed E-state index contributed by atoms with van der Waals surface area (Å²) in [6.45, 7) is 0.483. The van der Waals surface area contributed by atoms with Gasteiger partial charge in [-0.25, -0.2) is 4.39 Å². The molecule has 0 amide bonds. The molecule has 0 aliphatic heterocycles. The second-order valence-corrected chi connectivity index (χ2v) is 5.15. The van der Waals surface area contributed by atoms with E-state index in [1.165, 1.54) is 18.9 Å². The van der Waals surface area contributed by atoms with Crippen molar-refractivity contribution in [2.45, 2.75) is 25.4 Å². The molecule has 1 fully saturated rings. The van der Waals surface area contributed by atoms with Gasteiger partial charge in [-0.15, -0.1) is 0 Å². The van der Waals surface area contributed by atoms with Gasteiger partial charge in [0.2, 0.25) is 0 Å². The molecule has 0 saturated heterocycles. The molecule has 1 saturated carbocycles. The van der Waals surface area contributed by atoms with Crippen molar-refractivity contribution in [3.8, 4) is 17.2 Å². The van der Waals surface area contributed by atoms with Gasteiger partial charge in [0.15, 0.2) is 0 Å². The van der Waals surface area contributed by atoms with E-state index in [0.717, 1.165) is 0 Å². The SMILES string of the molecule is COc1cccc(Oc2cccc(F)c2CNC2CC2)c1. The van der Waals surface area contributed by atoms with Gasteiger partial charge in [0.05, 0.1) is 7.11 Å². The second kappa shape index (κ2) is 6.14. The topological polar surface area (TPSA) is 30.5 Å². The summed E-state index contributed by atoms with van der Waals surface area (Å²) < 4.78 is 25.0. The highest BCUT2D eigenvalue weighted by Gasteiger charge is 2.21. The zero-order chi connectivity index (χ0) is 14.7. The summed E-state index contributed by atoms with van der Waals surface area (Å²) >= 11 is 0. The molecule has 0 atom stereocenters. The molecule has 0 heterocycles. The lowest BCUT2D eigenvalue weighted by Crippen LogP contribution is -2.16. The van der Waals surface area contributed by atoms with Crippen molar-refractivity contribution >= 4 is 0 Å². The highest BCUT2D eigenvalue weighted by molar-refractivity contribution is 5.41. The Morgan fingerprint density at radius 1 is 1.14 bits per heavy atom. The van der Waals surface area contributed by atoms with Crippen LogP contribution >= 0.6 is 0 Å². The largest absolute Gasteiger partial charge is 0.497 e. The van der Waals surface area contributed by atoms with Gasteiger partial charge in [-0.3, -0.25) is 0 Å². The van der Waals surface area contributed by atoms with Crippen LogP contribution in [0.1, 0.15) is 18.4 Å². The molecule has 0 radical (unpaired) electrons. The molecule has 0 unspecified atom stereocenters. The Morgan fingerprint density at radius 2 is 1.90 bits per heavy atom. The van der Waals surface area contributed by atoms with Gasteiger partial charge in [-0.2, -0.15) is 0 Å². The molecule has 4 heteroatoms. The minimum absolute atomic E-state index is 0.247. The predicted octanol–water partition coefficient (Wildman–Crippen LogP) is 3.88. The fraction of sp³-hybridized carbons (Fsp3) is 0.294. The van der Waals surface area contributed by atoms with Crippen LogP contribution in [0.25, 0.3) is 0 Å². The molecule has 2 aromatic rings. The van der Waals surface area contributed by atoms with Gasteiger partial charge in [0, 0.05) is 24.2 Å². The number of hydrogen-bond donors (Lipinski definition) is 1. The fourth-order valence-electron chi connectivity index (χ4n) is 2.13. The van der Waals surface area contributed by atoms with Crippen LogP contribution in [0.5, 0.6) is 17.2 Å². The number of nitrogens with one attached hydrogen (secondary N) is 1. The third kappa shape index (κ3) is 3.52. The Labute approximate surface area is 123 Å². The summed E-state index contributed by atoms with van der Waals surface area (Å²) in [6, 6.07) is 12.7. The number of hydrogen-bond acceptors (Lipinski definition) is 3. The number of rotatable bonds is 6. The van der Waals surface area contributed by atoms with E-state index in [4.69, 9.17) is 9.47 Å². The van der Waals surface area contributed by atoms with Gasteiger partial charge in [0.25, 0.3) is 0 Å². The summed E-state index contributed by atoms with van der Waals surface area (Å²) in [5.41, 5.74) is 0.562. The first-order valence-corrected chi connectivity index (χ1v) is 7.09. The number of halogens is 1. The van der Waals surface area contributed by atoms with Crippen molar-refractivity contribution in [2.75, 3.05) is 7.11 Å². The Kier molecular flexibility index (Phi) is 4.06. The molecule has 1 aliphatic rings. The van der Waals surface area contributed by atoms with Crippen molar-refractivity contribution in [3.63, 3.8) is 0 Å². The van der Waals surface area contributed by atoms with Crippen LogP contribution in [0.3, 0.4) is 0 Å². The smallest absolute Gasteiger partial charge is 0.134 e. The Bertz CT molecular complexity index is 626. The molecule has 3 rings (SSSR count). The maximum Gasteiger partial charge on any atom is 0.134 e. The molecule has 2 aromatic carbocycles. The van der Waals surface area contributed by atoms with Crippen molar-refractivity contribution in [2.24, 2.45) is 0 Å².